The molecule has 3 rings (SSSR count). The number of nitrogens with one attached hydrogen (secondary N) is 1. The standard InChI is InChI=1S/C17H25N3O/c1-3-13-4-6-15(7-5-13)17-18-10-16(21)20(17)12-14-8-9-19(2)11-14/h4-7,14,17-18H,3,8-12H2,1-2H3. The van der Waals surface area contributed by atoms with Gasteiger partial charge in [0, 0.05) is 13.1 Å². The molecule has 2 aliphatic heterocycles. The van der Waals surface area contributed by atoms with E-state index in [-0.39, 0.29) is 12.1 Å². The first-order chi connectivity index (χ1) is 10.2. The Hall–Kier alpha value is -1.39. The van der Waals surface area contributed by atoms with Crippen molar-refractivity contribution in [1.82, 2.24) is 15.1 Å². The van der Waals surface area contributed by atoms with Crippen molar-refractivity contribution in [3.8, 4) is 0 Å². The fourth-order valence-electron chi connectivity index (χ4n) is 3.43. The van der Waals surface area contributed by atoms with Crippen LogP contribution in [-0.2, 0) is 11.2 Å². The third-order valence-corrected chi connectivity index (χ3v) is 4.73. The van der Waals surface area contributed by atoms with Crippen LogP contribution < -0.4 is 5.32 Å². The van der Waals surface area contributed by atoms with Crippen molar-refractivity contribution in [3.05, 3.63) is 35.4 Å². The summed E-state index contributed by atoms with van der Waals surface area (Å²) in [4.78, 5) is 16.6. The summed E-state index contributed by atoms with van der Waals surface area (Å²) in [6.07, 6.45) is 2.30. The number of aryl methyl sites for hydroxylation is 1. The van der Waals surface area contributed by atoms with E-state index in [2.05, 4.69) is 48.5 Å². The van der Waals surface area contributed by atoms with Crippen molar-refractivity contribution in [2.45, 2.75) is 25.9 Å². The second-order valence-electron chi connectivity index (χ2n) is 6.34. The first kappa shape index (κ1) is 14.5. The highest BCUT2D eigenvalue weighted by atomic mass is 16.2. The minimum atomic E-state index is 0.0503. The Bertz CT molecular complexity index is 499. The van der Waals surface area contributed by atoms with Crippen LogP contribution in [0.4, 0.5) is 0 Å². The van der Waals surface area contributed by atoms with Gasteiger partial charge in [-0.2, -0.15) is 0 Å². The van der Waals surface area contributed by atoms with E-state index in [4.69, 9.17) is 0 Å². The molecule has 2 fully saturated rings. The number of amides is 1. The van der Waals surface area contributed by atoms with Gasteiger partial charge in [0.25, 0.3) is 0 Å². The van der Waals surface area contributed by atoms with Gasteiger partial charge in [-0.3, -0.25) is 10.1 Å². The zero-order chi connectivity index (χ0) is 14.8. The second kappa shape index (κ2) is 6.16. The minimum absolute atomic E-state index is 0.0503. The first-order valence-electron chi connectivity index (χ1n) is 7.97. The predicted octanol–water partition coefficient (Wildman–Crippen LogP) is 1.63. The number of rotatable bonds is 4. The van der Waals surface area contributed by atoms with Crippen LogP contribution in [0.1, 0.15) is 30.6 Å². The van der Waals surface area contributed by atoms with Gasteiger partial charge in [0.05, 0.1) is 6.54 Å². The lowest BCUT2D eigenvalue weighted by Crippen LogP contribution is -2.35. The fraction of sp³-hybridized carbons (Fsp3) is 0.588. The van der Waals surface area contributed by atoms with Crippen LogP contribution in [-0.4, -0.2) is 48.9 Å². The van der Waals surface area contributed by atoms with E-state index < -0.39 is 0 Å². The quantitative estimate of drug-likeness (QED) is 0.914. The largest absolute Gasteiger partial charge is 0.321 e. The smallest absolute Gasteiger partial charge is 0.238 e. The van der Waals surface area contributed by atoms with Gasteiger partial charge in [-0.05, 0) is 43.5 Å². The highest BCUT2D eigenvalue weighted by Crippen LogP contribution is 2.26. The Labute approximate surface area is 127 Å². The van der Waals surface area contributed by atoms with Gasteiger partial charge < -0.3 is 9.80 Å². The highest BCUT2D eigenvalue weighted by Gasteiger charge is 2.34. The molecule has 0 spiro atoms. The topological polar surface area (TPSA) is 35.6 Å². The van der Waals surface area contributed by atoms with Crippen molar-refractivity contribution >= 4 is 5.91 Å². The molecule has 4 nitrogen and oxygen atoms in total. The molecule has 1 aromatic rings. The normalized spacial score (nSPS) is 26.8. The number of hydrogen-bond donors (Lipinski definition) is 1. The zero-order valence-electron chi connectivity index (χ0n) is 13.0. The van der Waals surface area contributed by atoms with Crippen LogP contribution in [0.2, 0.25) is 0 Å². The number of likely N-dealkylation sites (tertiary alicyclic amines) is 1. The minimum Gasteiger partial charge on any atom is -0.321 e. The number of benzene rings is 1. The van der Waals surface area contributed by atoms with E-state index in [1.54, 1.807) is 0 Å². The first-order valence-corrected chi connectivity index (χ1v) is 7.97. The fourth-order valence-corrected chi connectivity index (χ4v) is 3.43. The molecule has 0 aliphatic carbocycles. The van der Waals surface area contributed by atoms with Crippen molar-refractivity contribution in [3.63, 3.8) is 0 Å². The molecule has 1 aromatic carbocycles. The van der Waals surface area contributed by atoms with Gasteiger partial charge in [0.2, 0.25) is 5.91 Å². The van der Waals surface area contributed by atoms with E-state index in [9.17, 15) is 4.79 Å². The molecule has 2 aliphatic rings. The van der Waals surface area contributed by atoms with Gasteiger partial charge >= 0.3 is 0 Å². The summed E-state index contributed by atoms with van der Waals surface area (Å²) in [7, 11) is 2.16. The molecule has 2 heterocycles. The number of nitrogens with zero attached hydrogens (tertiary/aromatic N) is 2. The second-order valence-corrected chi connectivity index (χ2v) is 6.34. The van der Waals surface area contributed by atoms with Gasteiger partial charge in [-0.15, -0.1) is 0 Å². The predicted molar refractivity (Wildman–Crippen MR) is 83.9 cm³/mol. The maximum absolute atomic E-state index is 12.2. The molecule has 2 saturated heterocycles. The van der Waals surface area contributed by atoms with Crippen LogP contribution in [0.25, 0.3) is 0 Å². The molecular weight excluding hydrogens is 262 g/mol. The highest BCUT2D eigenvalue weighted by molar-refractivity contribution is 5.81. The Morgan fingerprint density at radius 2 is 2.05 bits per heavy atom. The van der Waals surface area contributed by atoms with Gasteiger partial charge in [-0.25, -0.2) is 0 Å². The van der Waals surface area contributed by atoms with E-state index in [1.807, 2.05) is 4.90 Å². The summed E-state index contributed by atoms with van der Waals surface area (Å²) in [6.45, 7) is 5.75. The third kappa shape index (κ3) is 3.11. The van der Waals surface area contributed by atoms with Crippen molar-refractivity contribution in [2.75, 3.05) is 33.2 Å². The van der Waals surface area contributed by atoms with Gasteiger partial charge in [0.15, 0.2) is 0 Å². The SMILES string of the molecule is CCc1ccc(C2NCC(=O)N2CC2CCN(C)C2)cc1. The van der Waals surface area contributed by atoms with Gasteiger partial charge in [-0.1, -0.05) is 31.2 Å². The van der Waals surface area contributed by atoms with Crippen LogP contribution >= 0.6 is 0 Å². The van der Waals surface area contributed by atoms with Crippen LogP contribution in [0.5, 0.6) is 0 Å². The summed E-state index contributed by atoms with van der Waals surface area (Å²) in [5.74, 6) is 0.838. The lowest BCUT2D eigenvalue weighted by Gasteiger charge is -2.27. The molecular formula is C17H25N3O. The molecule has 1 amide bonds. The van der Waals surface area contributed by atoms with E-state index >= 15 is 0 Å². The number of carbonyl (C=O) groups excluding carboxylic acids is 1. The molecule has 0 bridgehead atoms. The molecule has 21 heavy (non-hydrogen) atoms. The molecule has 0 aromatic heterocycles. The van der Waals surface area contributed by atoms with E-state index in [0.717, 1.165) is 26.1 Å². The summed E-state index contributed by atoms with van der Waals surface area (Å²) in [5.41, 5.74) is 2.54. The summed E-state index contributed by atoms with van der Waals surface area (Å²) in [6, 6.07) is 8.65. The average molecular weight is 287 g/mol. The lowest BCUT2D eigenvalue weighted by atomic mass is 10.1. The molecule has 0 radical (unpaired) electrons. The molecule has 1 N–H and O–H groups in total. The number of hydrogen-bond acceptors (Lipinski definition) is 3. The monoisotopic (exact) mass is 287 g/mol. The zero-order valence-corrected chi connectivity index (χ0v) is 13.0. The molecule has 114 valence electrons. The van der Waals surface area contributed by atoms with E-state index in [1.165, 1.54) is 17.5 Å². The van der Waals surface area contributed by atoms with Crippen LogP contribution in [0, 0.1) is 5.92 Å². The lowest BCUT2D eigenvalue weighted by molar-refractivity contribution is -0.128. The molecule has 0 saturated carbocycles. The van der Waals surface area contributed by atoms with Crippen molar-refractivity contribution in [1.29, 1.82) is 0 Å². The van der Waals surface area contributed by atoms with Crippen molar-refractivity contribution in [2.24, 2.45) is 5.92 Å². The Kier molecular flexibility index (Phi) is 4.27. The Morgan fingerprint density at radius 3 is 2.67 bits per heavy atom. The molecule has 2 unspecified atom stereocenters. The maximum atomic E-state index is 12.2. The van der Waals surface area contributed by atoms with Crippen LogP contribution in [0.3, 0.4) is 0 Å². The number of carbonyl (C=O) groups is 1. The molecule has 2 atom stereocenters. The maximum Gasteiger partial charge on any atom is 0.238 e. The van der Waals surface area contributed by atoms with E-state index in [0.29, 0.717) is 12.5 Å². The summed E-state index contributed by atoms with van der Waals surface area (Å²) in [5, 5.41) is 3.36. The Morgan fingerprint density at radius 1 is 1.29 bits per heavy atom. The van der Waals surface area contributed by atoms with Crippen molar-refractivity contribution < 1.29 is 4.79 Å². The molecule has 4 heteroatoms. The summed E-state index contributed by atoms with van der Waals surface area (Å²) >= 11 is 0. The Balaban J connectivity index is 1.72. The van der Waals surface area contributed by atoms with Crippen LogP contribution in [0.15, 0.2) is 24.3 Å². The van der Waals surface area contributed by atoms with Gasteiger partial charge in [0.1, 0.15) is 6.17 Å². The average Bonchev–Trinajstić information content (AvgIpc) is 3.07. The summed E-state index contributed by atoms with van der Waals surface area (Å²) < 4.78 is 0. The third-order valence-electron chi connectivity index (χ3n) is 4.73.